The van der Waals surface area contributed by atoms with Gasteiger partial charge in [0.1, 0.15) is 12.1 Å². The Kier molecular flexibility index (Phi) is 3.26. The Morgan fingerprint density at radius 2 is 2.14 bits per heavy atom. The zero-order chi connectivity index (χ0) is 10.9. The summed E-state index contributed by atoms with van der Waals surface area (Å²) >= 11 is 0. The molecule has 4 heteroatoms. The van der Waals surface area contributed by atoms with Crippen LogP contribution >= 0.6 is 0 Å². The lowest BCUT2D eigenvalue weighted by atomic mass is 9.94. The summed E-state index contributed by atoms with van der Waals surface area (Å²) < 4.78 is 5.16. The van der Waals surface area contributed by atoms with Crippen molar-refractivity contribution in [3.63, 3.8) is 0 Å². The number of ketones is 1. The molecule has 0 N–H and O–H groups in total. The second kappa shape index (κ2) is 4.09. The van der Waals surface area contributed by atoms with E-state index in [2.05, 4.69) is 0 Å². The molecule has 0 aromatic rings. The van der Waals surface area contributed by atoms with Gasteiger partial charge in [0.15, 0.2) is 5.78 Å². The third-order valence-corrected chi connectivity index (χ3v) is 2.60. The number of esters is 1. The van der Waals surface area contributed by atoms with E-state index in [0.29, 0.717) is 6.42 Å². The van der Waals surface area contributed by atoms with Crippen LogP contribution in [0.25, 0.3) is 0 Å². The summed E-state index contributed by atoms with van der Waals surface area (Å²) in [5.41, 5.74) is 0. The van der Waals surface area contributed by atoms with Crippen LogP contribution in [-0.4, -0.2) is 42.9 Å². The van der Waals surface area contributed by atoms with Gasteiger partial charge in [0.05, 0.1) is 6.42 Å². The summed E-state index contributed by atoms with van der Waals surface area (Å²) in [4.78, 5) is 24.3. The highest BCUT2D eigenvalue weighted by molar-refractivity contribution is 5.83. The molecule has 0 aromatic carbocycles. The van der Waals surface area contributed by atoms with Gasteiger partial charge in [-0.2, -0.15) is 0 Å². The molecule has 1 heterocycles. The van der Waals surface area contributed by atoms with Crippen molar-refractivity contribution >= 4 is 11.8 Å². The van der Waals surface area contributed by atoms with Crippen LogP contribution in [0.4, 0.5) is 0 Å². The Morgan fingerprint density at radius 1 is 1.57 bits per heavy atom. The summed E-state index contributed by atoms with van der Waals surface area (Å²) in [5, 5.41) is 0. The molecule has 1 saturated heterocycles. The van der Waals surface area contributed by atoms with Gasteiger partial charge in [-0.3, -0.25) is 14.5 Å². The predicted molar refractivity (Wildman–Crippen MR) is 51.8 cm³/mol. The van der Waals surface area contributed by atoms with Gasteiger partial charge in [0.2, 0.25) is 0 Å². The van der Waals surface area contributed by atoms with Crippen molar-refractivity contribution in [3.05, 3.63) is 0 Å². The molecule has 1 aliphatic rings. The number of likely N-dealkylation sites (N-methyl/N-ethyl adjacent to an activating group) is 1. The molecular weight excluding hydrogens is 182 g/mol. The van der Waals surface area contributed by atoms with Crippen molar-refractivity contribution in [2.24, 2.45) is 5.92 Å². The SMILES string of the molecule is CC(=O)[C@H](C1OC(=O)C[C@H]1C)N(C)C. The molecule has 14 heavy (non-hydrogen) atoms. The van der Waals surface area contributed by atoms with E-state index < -0.39 is 0 Å². The Labute approximate surface area is 84.2 Å². The quantitative estimate of drug-likeness (QED) is 0.619. The first-order chi connectivity index (χ1) is 6.43. The third kappa shape index (κ3) is 2.12. The lowest BCUT2D eigenvalue weighted by Crippen LogP contribution is -2.46. The fraction of sp³-hybridized carbons (Fsp3) is 0.800. The van der Waals surface area contributed by atoms with Gasteiger partial charge in [-0.25, -0.2) is 0 Å². The predicted octanol–water partition coefficient (Wildman–Crippen LogP) is 0.457. The van der Waals surface area contributed by atoms with Crippen molar-refractivity contribution in [1.29, 1.82) is 0 Å². The molecule has 0 spiro atoms. The smallest absolute Gasteiger partial charge is 0.306 e. The van der Waals surface area contributed by atoms with Gasteiger partial charge in [0, 0.05) is 5.92 Å². The molecular formula is C10H17NO3. The monoisotopic (exact) mass is 199 g/mol. The van der Waals surface area contributed by atoms with Crippen molar-refractivity contribution in [1.82, 2.24) is 4.90 Å². The molecule has 0 radical (unpaired) electrons. The Hall–Kier alpha value is -0.900. The van der Waals surface area contributed by atoms with E-state index in [9.17, 15) is 9.59 Å². The lowest BCUT2D eigenvalue weighted by molar-refractivity contribution is -0.145. The lowest BCUT2D eigenvalue weighted by Gasteiger charge is -2.28. The number of rotatable bonds is 3. The molecule has 1 fully saturated rings. The Balaban J connectivity index is 2.79. The molecule has 0 bridgehead atoms. The van der Waals surface area contributed by atoms with Crippen LogP contribution in [0.5, 0.6) is 0 Å². The molecule has 1 unspecified atom stereocenters. The highest BCUT2D eigenvalue weighted by Crippen LogP contribution is 2.26. The number of Topliss-reactive ketones (excluding diaryl/α,β-unsaturated/α-hetero) is 1. The first-order valence-corrected chi connectivity index (χ1v) is 4.80. The second-order valence-corrected chi connectivity index (χ2v) is 4.15. The van der Waals surface area contributed by atoms with Gasteiger partial charge in [-0.15, -0.1) is 0 Å². The van der Waals surface area contributed by atoms with Gasteiger partial charge >= 0.3 is 5.97 Å². The van der Waals surface area contributed by atoms with Gasteiger partial charge < -0.3 is 4.74 Å². The molecule has 3 atom stereocenters. The van der Waals surface area contributed by atoms with Crippen molar-refractivity contribution < 1.29 is 14.3 Å². The van der Waals surface area contributed by atoms with E-state index in [1.807, 2.05) is 25.9 Å². The molecule has 0 amide bonds. The fourth-order valence-corrected chi connectivity index (χ4v) is 1.96. The summed E-state index contributed by atoms with van der Waals surface area (Å²) in [7, 11) is 3.65. The maximum absolute atomic E-state index is 11.4. The highest BCUT2D eigenvalue weighted by Gasteiger charge is 2.40. The van der Waals surface area contributed by atoms with Gasteiger partial charge in [-0.05, 0) is 21.0 Å². The number of hydrogen-bond acceptors (Lipinski definition) is 4. The third-order valence-electron chi connectivity index (χ3n) is 2.60. The standard InChI is InChI=1S/C10H17NO3/c1-6-5-8(13)14-10(6)9(7(2)12)11(3)4/h6,9-10H,5H2,1-4H3/t6-,9-,10?/m1/s1. The largest absolute Gasteiger partial charge is 0.460 e. The van der Waals surface area contributed by atoms with E-state index in [0.717, 1.165) is 0 Å². The Bertz CT molecular complexity index is 250. The number of cyclic esters (lactones) is 1. The minimum Gasteiger partial charge on any atom is -0.460 e. The topological polar surface area (TPSA) is 46.6 Å². The molecule has 1 rings (SSSR count). The summed E-state index contributed by atoms with van der Waals surface area (Å²) in [6.45, 7) is 3.47. The zero-order valence-electron chi connectivity index (χ0n) is 9.11. The van der Waals surface area contributed by atoms with E-state index in [4.69, 9.17) is 4.74 Å². The number of ether oxygens (including phenoxy) is 1. The Morgan fingerprint density at radius 3 is 2.43 bits per heavy atom. The van der Waals surface area contributed by atoms with E-state index >= 15 is 0 Å². The second-order valence-electron chi connectivity index (χ2n) is 4.15. The summed E-state index contributed by atoms with van der Waals surface area (Å²) in [6.07, 6.45) is 0.137. The summed E-state index contributed by atoms with van der Waals surface area (Å²) in [5.74, 6) is -0.0315. The van der Waals surface area contributed by atoms with Gasteiger partial charge in [-0.1, -0.05) is 6.92 Å². The van der Waals surface area contributed by atoms with Crippen LogP contribution in [0.3, 0.4) is 0 Å². The fourth-order valence-electron chi connectivity index (χ4n) is 1.96. The average Bonchev–Trinajstić information content (AvgIpc) is 2.29. The van der Waals surface area contributed by atoms with Crippen molar-refractivity contribution in [2.75, 3.05) is 14.1 Å². The average molecular weight is 199 g/mol. The minimum absolute atomic E-state index is 0.0431. The molecule has 4 nitrogen and oxygen atoms in total. The van der Waals surface area contributed by atoms with Crippen LogP contribution in [0, 0.1) is 5.92 Å². The first-order valence-electron chi connectivity index (χ1n) is 4.80. The maximum atomic E-state index is 11.4. The number of carbonyl (C=O) groups excluding carboxylic acids is 2. The number of nitrogens with zero attached hydrogens (tertiary/aromatic N) is 1. The molecule has 0 saturated carbocycles. The molecule has 0 aromatic heterocycles. The van der Waals surface area contributed by atoms with E-state index in [1.165, 1.54) is 6.92 Å². The van der Waals surface area contributed by atoms with E-state index in [-0.39, 0.29) is 29.8 Å². The molecule has 1 aliphatic heterocycles. The highest BCUT2D eigenvalue weighted by atomic mass is 16.6. The van der Waals surface area contributed by atoms with Crippen molar-refractivity contribution in [3.8, 4) is 0 Å². The van der Waals surface area contributed by atoms with Gasteiger partial charge in [0.25, 0.3) is 0 Å². The normalized spacial score (nSPS) is 29.1. The van der Waals surface area contributed by atoms with Crippen LogP contribution in [0.2, 0.25) is 0 Å². The number of hydrogen-bond donors (Lipinski definition) is 0. The zero-order valence-corrected chi connectivity index (χ0v) is 9.11. The van der Waals surface area contributed by atoms with E-state index in [1.54, 1.807) is 0 Å². The van der Waals surface area contributed by atoms with Crippen molar-refractivity contribution in [2.45, 2.75) is 32.4 Å². The van der Waals surface area contributed by atoms with Crippen LogP contribution in [0.1, 0.15) is 20.3 Å². The van der Waals surface area contributed by atoms with Crippen LogP contribution < -0.4 is 0 Å². The first kappa shape index (κ1) is 11.2. The number of carbonyl (C=O) groups is 2. The molecule has 80 valence electrons. The minimum atomic E-state index is -0.309. The molecule has 0 aliphatic carbocycles. The summed E-state index contributed by atoms with van der Waals surface area (Å²) in [6, 6.07) is -0.309. The van der Waals surface area contributed by atoms with Crippen LogP contribution in [0.15, 0.2) is 0 Å². The maximum Gasteiger partial charge on any atom is 0.306 e. The van der Waals surface area contributed by atoms with Crippen LogP contribution in [-0.2, 0) is 14.3 Å².